The summed E-state index contributed by atoms with van der Waals surface area (Å²) in [5, 5.41) is 0. The Bertz CT molecular complexity index is 519. The second-order valence-corrected chi connectivity index (χ2v) is 3.54. The summed E-state index contributed by atoms with van der Waals surface area (Å²) in [7, 11) is 3.03. The zero-order chi connectivity index (χ0) is 13.0. The van der Waals surface area contributed by atoms with Gasteiger partial charge in [-0.3, -0.25) is 4.98 Å². The number of ether oxygens (including phenoxy) is 2. The highest BCUT2D eigenvalue weighted by Gasteiger charge is 2.18. The number of rotatable bonds is 4. The zero-order valence-corrected chi connectivity index (χ0v) is 10.2. The number of nitrogens with zero attached hydrogens (tertiary/aromatic N) is 3. The molecule has 2 aromatic rings. The Morgan fingerprint density at radius 3 is 2.61 bits per heavy atom. The maximum Gasteiger partial charge on any atom is 0.240 e. The fourth-order valence-corrected chi connectivity index (χ4v) is 1.53. The summed E-state index contributed by atoms with van der Waals surface area (Å²) in [6, 6.07) is 5.04. The summed E-state index contributed by atoms with van der Waals surface area (Å²) in [6.45, 7) is 0. The minimum Gasteiger partial charge on any atom is -0.480 e. The van der Waals surface area contributed by atoms with Crippen molar-refractivity contribution in [2.45, 2.75) is 6.04 Å². The van der Waals surface area contributed by atoms with Gasteiger partial charge in [-0.2, -0.15) is 4.98 Å². The van der Waals surface area contributed by atoms with Gasteiger partial charge < -0.3 is 15.2 Å². The molecule has 6 nitrogen and oxygen atoms in total. The van der Waals surface area contributed by atoms with Gasteiger partial charge in [-0.1, -0.05) is 6.07 Å². The Morgan fingerprint density at radius 2 is 2.00 bits per heavy atom. The van der Waals surface area contributed by atoms with E-state index < -0.39 is 6.04 Å². The number of methoxy groups -OCH3 is 2. The van der Waals surface area contributed by atoms with Crippen LogP contribution in [-0.2, 0) is 0 Å². The van der Waals surface area contributed by atoms with Gasteiger partial charge in [-0.05, 0) is 12.1 Å². The Labute approximate surface area is 105 Å². The molecule has 0 aliphatic carbocycles. The molecule has 0 spiro atoms. The highest BCUT2D eigenvalue weighted by molar-refractivity contribution is 5.30. The number of aromatic nitrogens is 3. The minimum absolute atomic E-state index is 0.340. The molecule has 6 heteroatoms. The first-order valence-electron chi connectivity index (χ1n) is 5.37. The van der Waals surface area contributed by atoms with E-state index in [9.17, 15) is 0 Å². The quantitative estimate of drug-likeness (QED) is 0.864. The van der Waals surface area contributed by atoms with Crippen molar-refractivity contribution in [1.82, 2.24) is 15.0 Å². The van der Waals surface area contributed by atoms with Gasteiger partial charge in [0.2, 0.25) is 11.8 Å². The molecule has 0 aliphatic rings. The molecule has 2 rings (SSSR count). The molecule has 0 amide bonds. The number of hydrogen-bond donors (Lipinski definition) is 1. The summed E-state index contributed by atoms with van der Waals surface area (Å²) >= 11 is 0. The third-order valence-corrected chi connectivity index (χ3v) is 2.45. The highest BCUT2D eigenvalue weighted by Crippen LogP contribution is 2.25. The van der Waals surface area contributed by atoms with Crippen molar-refractivity contribution in [3.63, 3.8) is 0 Å². The summed E-state index contributed by atoms with van der Waals surface area (Å²) < 4.78 is 10.2. The van der Waals surface area contributed by atoms with Crippen molar-refractivity contribution in [2.75, 3.05) is 14.2 Å². The first-order valence-corrected chi connectivity index (χ1v) is 5.37. The van der Waals surface area contributed by atoms with Crippen LogP contribution in [-0.4, -0.2) is 29.2 Å². The van der Waals surface area contributed by atoms with E-state index in [2.05, 4.69) is 15.0 Å². The van der Waals surface area contributed by atoms with Gasteiger partial charge in [-0.25, -0.2) is 4.98 Å². The second kappa shape index (κ2) is 5.42. The molecule has 2 aromatic heterocycles. The third-order valence-electron chi connectivity index (χ3n) is 2.45. The van der Waals surface area contributed by atoms with Gasteiger partial charge in [0.05, 0.1) is 32.2 Å². The molecule has 0 fully saturated rings. The summed E-state index contributed by atoms with van der Waals surface area (Å²) in [5.41, 5.74) is 7.33. The van der Waals surface area contributed by atoms with E-state index in [1.807, 2.05) is 18.2 Å². The first kappa shape index (κ1) is 12.3. The standard InChI is InChI=1S/C12H14N4O2/c1-17-9-7-15-11(12(16-9)18-2)10(13)8-5-3-4-6-14-8/h3-7,10H,13H2,1-2H3. The molecule has 18 heavy (non-hydrogen) atoms. The van der Waals surface area contributed by atoms with Gasteiger partial charge in [0.15, 0.2) is 0 Å². The largest absolute Gasteiger partial charge is 0.480 e. The predicted octanol–water partition coefficient (Wildman–Crippen LogP) is 0.937. The Kier molecular flexibility index (Phi) is 3.69. The summed E-state index contributed by atoms with van der Waals surface area (Å²) in [5.74, 6) is 0.719. The molecular weight excluding hydrogens is 232 g/mol. The van der Waals surface area contributed by atoms with Crippen molar-refractivity contribution in [3.8, 4) is 11.8 Å². The average Bonchev–Trinajstić information content (AvgIpc) is 2.46. The molecular formula is C12H14N4O2. The van der Waals surface area contributed by atoms with Gasteiger partial charge in [0.25, 0.3) is 0 Å². The lowest BCUT2D eigenvalue weighted by Gasteiger charge is -2.13. The first-order chi connectivity index (χ1) is 8.76. The number of nitrogens with two attached hydrogens (primary N) is 1. The lowest BCUT2D eigenvalue weighted by Crippen LogP contribution is -2.16. The molecule has 0 aromatic carbocycles. The van der Waals surface area contributed by atoms with Crippen LogP contribution >= 0.6 is 0 Å². The molecule has 94 valence electrons. The van der Waals surface area contributed by atoms with Gasteiger partial charge in [0.1, 0.15) is 5.69 Å². The van der Waals surface area contributed by atoms with Crippen molar-refractivity contribution >= 4 is 0 Å². The SMILES string of the molecule is COc1cnc(C(N)c2ccccn2)c(OC)n1. The average molecular weight is 246 g/mol. The lowest BCUT2D eigenvalue weighted by atomic mass is 10.1. The number of pyridine rings is 1. The van der Waals surface area contributed by atoms with Gasteiger partial charge in [0, 0.05) is 6.20 Å². The van der Waals surface area contributed by atoms with Crippen LogP contribution in [0.5, 0.6) is 11.8 Å². The zero-order valence-electron chi connectivity index (χ0n) is 10.2. The van der Waals surface area contributed by atoms with Crippen LogP contribution < -0.4 is 15.2 Å². The molecule has 0 saturated heterocycles. The highest BCUT2D eigenvalue weighted by atomic mass is 16.5. The van der Waals surface area contributed by atoms with Crippen LogP contribution in [0, 0.1) is 0 Å². The van der Waals surface area contributed by atoms with Crippen LogP contribution in [0.25, 0.3) is 0 Å². The van der Waals surface area contributed by atoms with Gasteiger partial charge >= 0.3 is 0 Å². The Balaban J connectivity index is 2.38. The third kappa shape index (κ3) is 2.38. The van der Waals surface area contributed by atoms with Crippen LogP contribution in [0.3, 0.4) is 0 Å². The summed E-state index contributed by atoms with van der Waals surface area (Å²) in [6.07, 6.45) is 3.18. The van der Waals surface area contributed by atoms with E-state index in [4.69, 9.17) is 15.2 Å². The van der Waals surface area contributed by atoms with Crippen molar-refractivity contribution in [2.24, 2.45) is 5.73 Å². The molecule has 1 atom stereocenters. The Morgan fingerprint density at radius 1 is 1.17 bits per heavy atom. The topological polar surface area (TPSA) is 83.2 Å². The van der Waals surface area contributed by atoms with Crippen LogP contribution in [0.15, 0.2) is 30.6 Å². The molecule has 2 N–H and O–H groups in total. The normalized spacial score (nSPS) is 11.9. The van der Waals surface area contributed by atoms with Crippen molar-refractivity contribution in [3.05, 3.63) is 42.0 Å². The maximum absolute atomic E-state index is 6.10. The summed E-state index contributed by atoms with van der Waals surface area (Å²) in [4.78, 5) is 12.6. The van der Waals surface area contributed by atoms with Crippen LogP contribution in [0.2, 0.25) is 0 Å². The van der Waals surface area contributed by atoms with Crippen molar-refractivity contribution in [1.29, 1.82) is 0 Å². The van der Waals surface area contributed by atoms with Gasteiger partial charge in [-0.15, -0.1) is 0 Å². The number of hydrogen-bond acceptors (Lipinski definition) is 6. The van der Waals surface area contributed by atoms with E-state index in [0.717, 1.165) is 0 Å². The minimum atomic E-state index is -0.487. The van der Waals surface area contributed by atoms with E-state index in [-0.39, 0.29) is 0 Å². The smallest absolute Gasteiger partial charge is 0.240 e. The molecule has 0 bridgehead atoms. The van der Waals surface area contributed by atoms with Crippen LogP contribution in [0.1, 0.15) is 17.4 Å². The maximum atomic E-state index is 6.10. The molecule has 0 radical (unpaired) electrons. The second-order valence-electron chi connectivity index (χ2n) is 3.54. The Hall–Kier alpha value is -2.21. The van der Waals surface area contributed by atoms with E-state index >= 15 is 0 Å². The monoisotopic (exact) mass is 246 g/mol. The lowest BCUT2D eigenvalue weighted by molar-refractivity contribution is 0.355. The van der Waals surface area contributed by atoms with E-state index in [0.29, 0.717) is 23.1 Å². The fourth-order valence-electron chi connectivity index (χ4n) is 1.53. The molecule has 0 aliphatic heterocycles. The fraction of sp³-hybridized carbons (Fsp3) is 0.250. The van der Waals surface area contributed by atoms with Crippen LogP contribution in [0.4, 0.5) is 0 Å². The predicted molar refractivity (Wildman–Crippen MR) is 65.4 cm³/mol. The van der Waals surface area contributed by atoms with E-state index in [1.165, 1.54) is 20.4 Å². The molecule has 2 heterocycles. The molecule has 0 saturated carbocycles. The molecule has 1 unspecified atom stereocenters. The van der Waals surface area contributed by atoms with E-state index in [1.54, 1.807) is 6.20 Å². The van der Waals surface area contributed by atoms with Crippen molar-refractivity contribution < 1.29 is 9.47 Å².